The summed E-state index contributed by atoms with van der Waals surface area (Å²) in [7, 11) is 0. The van der Waals surface area contributed by atoms with Gasteiger partial charge in [-0.25, -0.2) is 0 Å². The van der Waals surface area contributed by atoms with Gasteiger partial charge in [0.15, 0.2) is 0 Å². The van der Waals surface area contributed by atoms with Crippen molar-refractivity contribution in [2.45, 2.75) is 51.1 Å². The molecule has 0 radical (unpaired) electrons. The van der Waals surface area contributed by atoms with Crippen molar-refractivity contribution in [1.29, 1.82) is 5.26 Å². The van der Waals surface area contributed by atoms with E-state index >= 15 is 0 Å². The first kappa shape index (κ1) is 15.8. The molecule has 1 aliphatic carbocycles. The van der Waals surface area contributed by atoms with E-state index in [1.807, 2.05) is 6.07 Å². The van der Waals surface area contributed by atoms with E-state index in [9.17, 15) is 18.0 Å². The van der Waals surface area contributed by atoms with E-state index in [2.05, 4.69) is 5.32 Å². The van der Waals surface area contributed by atoms with Crippen molar-refractivity contribution in [1.82, 2.24) is 5.32 Å². The Labute approximate surface area is 111 Å². The van der Waals surface area contributed by atoms with Gasteiger partial charge in [-0.3, -0.25) is 4.79 Å². The molecule has 0 saturated heterocycles. The van der Waals surface area contributed by atoms with Gasteiger partial charge in [0.05, 0.1) is 12.0 Å². The largest absolute Gasteiger partial charge is 0.392 e. The molecular weight excluding hydrogens is 257 g/mol. The van der Waals surface area contributed by atoms with E-state index in [-0.39, 0.29) is 6.42 Å². The zero-order valence-corrected chi connectivity index (χ0v) is 10.8. The Morgan fingerprint density at radius 3 is 2.58 bits per heavy atom. The minimum Gasteiger partial charge on any atom is -0.356 e. The average molecular weight is 276 g/mol. The van der Waals surface area contributed by atoms with Crippen molar-refractivity contribution in [3.63, 3.8) is 0 Å². The lowest BCUT2D eigenvalue weighted by Crippen LogP contribution is -2.42. The quantitative estimate of drug-likeness (QED) is 0.784. The topological polar surface area (TPSA) is 52.9 Å². The predicted molar refractivity (Wildman–Crippen MR) is 64.0 cm³/mol. The molecule has 1 saturated carbocycles. The summed E-state index contributed by atoms with van der Waals surface area (Å²) in [5, 5.41) is 10.9. The van der Waals surface area contributed by atoms with Gasteiger partial charge in [0.25, 0.3) is 0 Å². The number of nitriles is 1. The van der Waals surface area contributed by atoms with Crippen LogP contribution in [0.25, 0.3) is 0 Å². The lowest BCUT2D eigenvalue weighted by molar-refractivity contribution is -0.198. The number of hydrogen-bond donors (Lipinski definition) is 1. The van der Waals surface area contributed by atoms with E-state index in [1.54, 1.807) is 0 Å². The smallest absolute Gasteiger partial charge is 0.356 e. The standard InChI is InChI=1S/C13H19F3N2O/c14-13(15,16)11-7-3-2-6-10(11)12(19)18-9-5-1-4-8-17/h10-11H,1-7,9H2,(H,18,19). The Bertz CT molecular complexity index is 336. The molecule has 19 heavy (non-hydrogen) atoms. The Morgan fingerprint density at radius 1 is 1.26 bits per heavy atom. The van der Waals surface area contributed by atoms with Crippen LogP contribution in [0.4, 0.5) is 13.2 Å². The second kappa shape index (κ2) is 7.37. The first-order valence-electron chi connectivity index (χ1n) is 6.68. The first-order valence-corrected chi connectivity index (χ1v) is 6.68. The van der Waals surface area contributed by atoms with Gasteiger partial charge in [-0.2, -0.15) is 18.4 Å². The second-order valence-corrected chi connectivity index (χ2v) is 4.95. The highest BCUT2D eigenvalue weighted by molar-refractivity contribution is 5.79. The summed E-state index contributed by atoms with van der Waals surface area (Å²) >= 11 is 0. The van der Waals surface area contributed by atoms with Crippen molar-refractivity contribution in [2.24, 2.45) is 11.8 Å². The van der Waals surface area contributed by atoms with Crippen LogP contribution >= 0.6 is 0 Å². The number of nitrogens with zero attached hydrogens (tertiary/aromatic N) is 1. The molecule has 0 bridgehead atoms. The fourth-order valence-electron chi connectivity index (χ4n) is 2.51. The molecule has 1 amide bonds. The lowest BCUT2D eigenvalue weighted by Gasteiger charge is -2.31. The number of rotatable bonds is 5. The van der Waals surface area contributed by atoms with Crippen molar-refractivity contribution in [3.8, 4) is 6.07 Å². The van der Waals surface area contributed by atoms with Gasteiger partial charge in [0.2, 0.25) is 5.91 Å². The van der Waals surface area contributed by atoms with Crippen LogP contribution in [0.2, 0.25) is 0 Å². The first-order chi connectivity index (χ1) is 8.96. The minimum atomic E-state index is -4.29. The van der Waals surface area contributed by atoms with Crippen LogP contribution in [0.1, 0.15) is 44.9 Å². The highest BCUT2D eigenvalue weighted by Crippen LogP contribution is 2.41. The zero-order chi connectivity index (χ0) is 14.3. The molecule has 2 unspecified atom stereocenters. The Kier molecular flexibility index (Phi) is 6.13. The third-order valence-corrected chi connectivity index (χ3v) is 3.54. The number of alkyl halides is 3. The van der Waals surface area contributed by atoms with Crippen LogP contribution in [0, 0.1) is 23.2 Å². The van der Waals surface area contributed by atoms with Crippen LogP contribution in [0.5, 0.6) is 0 Å². The molecule has 0 aliphatic heterocycles. The fourth-order valence-corrected chi connectivity index (χ4v) is 2.51. The summed E-state index contributed by atoms with van der Waals surface area (Å²) in [4.78, 5) is 11.8. The summed E-state index contributed by atoms with van der Waals surface area (Å²) < 4.78 is 38.5. The predicted octanol–water partition coefficient (Wildman–Crippen LogP) is 3.17. The van der Waals surface area contributed by atoms with Gasteiger partial charge in [0, 0.05) is 18.9 Å². The Hall–Kier alpha value is -1.25. The molecule has 0 aromatic carbocycles. The maximum Gasteiger partial charge on any atom is 0.392 e. The van der Waals surface area contributed by atoms with E-state index in [1.165, 1.54) is 0 Å². The van der Waals surface area contributed by atoms with Crippen molar-refractivity contribution < 1.29 is 18.0 Å². The van der Waals surface area contributed by atoms with Crippen LogP contribution < -0.4 is 5.32 Å². The van der Waals surface area contributed by atoms with E-state index in [4.69, 9.17) is 5.26 Å². The molecule has 0 aromatic heterocycles. The molecule has 6 heteroatoms. The summed E-state index contributed by atoms with van der Waals surface area (Å²) in [5.74, 6) is -2.93. The van der Waals surface area contributed by atoms with Gasteiger partial charge in [0.1, 0.15) is 0 Å². The number of hydrogen-bond acceptors (Lipinski definition) is 2. The highest BCUT2D eigenvalue weighted by atomic mass is 19.4. The third kappa shape index (κ3) is 5.09. The highest BCUT2D eigenvalue weighted by Gasteiger charge is 2.47. The number of carbonyl (C=O) groups excluding carboxylic acids is 1. The SMILES string of the molecule is N#CCCCCNC(=O)C1CCCCC1C(F)(F)F. The van der Waals surface area contributed by atoms with Crippen molar-refractivity contribution >= 4 is 5.91 Å². The van der Waals surface area contributed by atoms with Crippen molar-refractivity contribution in [2.75, 3.05) is 6.54 Å². The van der Waals surface area contributed by atoms with Crippen LogP contribution in [0.15, 0.2) is 0 Å². The summed E-state index contributed by atoms with van der Waals surface area (Å²) in [6, 6.07) is 1.98. The molecule has 1 rings (SSSR count). The van der Waals surface area contributed by atoms with Gasteiger partial charge in [-0.05, 0) is 25.7 Å². The Balaban J connectivity index is 2.42. The average Bonchev–Trinajstić information content (AvgIpc) is 2.37. The van der Waals surface area contributed by atoms with E-state index in [0.29, 0.717) is 45.1 Å². The maximum atomic E-state index is 12.8. The molecule has 0 spiro atoms. The number of carbonyl (C=O) groups is 1. The van der Waals surface area contributed by atoms with Crippen molar-refractivity contribution in [3.05, 3.63) is 0 Å². The molecule has 1 N–H and O–H groups in total. The monoisotopic (exact) mass is 276 g/mol. The normalized spacial score (nSPS) is 23.7. The van der Waals surface area contributed by atoms with Crippen LogP contribution in [0.3, 0.4) is 0 Å². The summed E-state index contributed by atoms with van der Waals surface area (Å²) in [6.07, 6.45) is -1.01. The maximum absolute atomic E-state index is 12.8. The number of nitrogens with one attached hydrogen (secondary N) is 1. The molecule has 108 valence electrons. The van der Waals surface area contributed by atoms with Gasteiger partial charge >= 0.3 is 6.18 Å². The van der Waals surface area contributed by atoms with Crippen LogP contribution in [-0.2, 0) is 4.79 Å². The number of halogens is 3. The summed E-state index contributed by atoms with van der Waals surface area (Å²) in [6.45, 7) is 0.349. The summed E-state index contributed by atoms with van der Waals surface area (Å²) in [5.41, 5.74) is 0. The van der Waals surface area contributed by atoms with Gasteiger partial charge in [-0.15, -0.1) is 0 Å². The fraction of sp³-hybridized carbons (Fsp3) is 0.846. The molecule has 0 aromatic rings. The molecule has 3 nitrogen and oxygen atoms in total. The molecule has 1 fully saturated rings. The number of unbranched alkanes of at least 4 members (excludes halogenated alkanes) is 2. The molecular formula is C13H19F3N2O. The van der Waals surface area contributed by atoms with Crippen LogP contribution in [-0.4, -0.2) is 18.6 Å². The zero-order valence-electron chi connectivity index (χ0n) is 10.8. The molecule has 1 aliphatic rings. The lowest BCUT2D eigenvalue weighted by atomic mass is 9.78. The van der Waals surface area contributed by atoms with E-state index < -0.39 is 23.9 Å². The van der Waals surface area contributed by atoms with E-state index in [0.717, 1.165) is 0 Å². The van der Waals surface area contributed by atoms with Gasteiger partial charge in [-0.1, -0.05) is 12.8 Å². The minimum absolute atomic E-state index is 0.0516. The third-order valence-electron chi connectivity index (χ3n) is 3.54. The van der Waals surface area contributed by atoms with Gasteiger partial charge < -0.3 is 5.32 Å². The molecule has 0 heterocycles. The second-order valence-electron chi connectivity index (χ2n) is 4.95. The Morgan fingerprint density at radius 2 is 1.95 bits per heavy atom. The molecule has 2 atom stereocenters. The number of amides is 1.